The molecule has 0 aliphatic carbocycles. The second-order valence-corrected chi connectivity index (χ2v) is 11.3. The van der Waals surface area contributed by atoms with Crippen molar-refractivity contribution in [1.29, 1.82) is 0 Å². The van der Waals surface area contributed by atoms with Crippen molar-refractivity contribution in [2.45, 2.75) is 36.0 Å². The zero-order valence-electron chi connectivity index (χ0n) is 15.3. The maximum Gasteiger partial charge on any atom is 0.183 e. The lowest BCUT2D eigenvalue weighted by Crippen LogP contribution is -2.44. The van der Waals surface area contributed by atoms with E-state index in [-0.39, 0.29) is 16.4 Å². The molecule has 0 unspecified atom stereocenters. The van der Waals surface area contributed by atoms with E-state index in [4.69, 9.17) is 0 Å². The number of benzene rings is 2. The third kappa shape index (κ3) is 4.78. The van der Waals surface area contributed by atoms with Crippen LogP contribution in [-0.4, -0.2) is 46.2 Å². The molecule has 0 aromatic heterocycles. The Morgan fingerprint density at radius 2 is 1.63 bits per heavy atom. The highest BCUT2D eigenvalue weighted by molar-refractivity contribution is 7.96. The summed E-state index contributed by atoms with van der Waals surface area (Å²) in [5.74, 6) is -0.466. The van der Waals surface area contributed by atoms with E-state index >= 15 is 0 Å². The van der Waals surface area contributed by atoms with Gasteiger partial charge in [-0.3, -0.25) is 0 Å². The minimum atomic E-state index is -3.72. The molecular formula is C20H25NO4S2. The topological polar surface area (TPSA) is 80.3 Å². The van der Waals surface area contributed by atoms with Crippen molar-refractivity contribution in [2.24, 2.45) is 0 Å². The molecule has 0 saturated carbocycles. The normalized spacial score (nSPS) is 22.0. The molecule has 1 aliphatic heterocycles. The quantitative estimate of drug-likeness (QED) is 0.760. The fourth-order valence-electron chi connectivity index (χ4n) is 3.45. The van der Waals surface area contributed by atoms with Crippen LogP contribution in [0.3, 0.4) is 0 Å². The monoisotopic (exact) mass is 407 g/mol. The van der Waals surface area contributed by atoms with Gasteiger partial charge in [-0.25, -0.2) is 16.8 Å². The Bertz CT molecular complexity index is 968. The summed E-state index contributed by atoms with van der Waals surface area (Å²) in [5, 5.41) is 2.22. The van der Waals surface area contributed by atoms with Crippen LogP contribution < -0.4 is 5.32 Å². The maximum atomic E-state index is 13.1. The first kappa shape index (κ1) is 20.0. The zero-order chi connectivity index (χ0) is 19.5. The van der Waals surface area contributed by atoms with E-state index in [1.54, 1.807) is 24.3 Å². The molecule has 0 radical (unpaired) electrons. The number of hydrogen-bond donors (Lipinski definition) is 1. The second-order valence-electron chi connectivity index (χ2n) is 6.95. The Labute approximate surface area is 161 Å². The highest BCUT2D eigenvalue weighted by Gasteiger charge is 2.45. The van der Waals surface area contributed by atoms with Crippen molar-refractivity contribution in [2.75, 3.05) is 18.1 Å². The van der Waals surface area contributed by atoms with Crippen LogP contribution in [-0.2, 0) is 32.5 Å². The van der Waals surface area contributed by atoms with Crippen LogP contribution in [0.2, 0.25) is 0 Å². The highest BCUT2D eigenvalue weighted by atomic mass is 32.2. The molecule has 1 fully saturated rings. The van der Waals surface area contributed by atoms with Crippen LogP contribution in [0.5, 0.6) is 0 Å². The van der Waals surface area contributed by atoms with Crippen LogP contribution in [0.25, 0.3) is 0 Å². The summed E-state index contributed by atoms with van der Waals surface area (Å²) in [7, 11) is -7.11. The van der Waals surface area contributed by atoms with Gasteiger partial charge >= 0.3 is 0 Å². The van der Waals surface area contributed by atoms with Gasteiger partial charge < -0.3 is 5.32 Å². The lowest BCUT2D eigenvalue weighted by atomic mass is 10.1. The van der Waals surface area contributed by atoms with Gasteiger partial charge in [0.25, 0.3) is 0 Å². The summed E-state index contributed by atoms with van der Waals surface area (Å²) in [6.45, 7) is 2.53. The van der Waals surface area contributed by atoms with E-state index in [0.29, 0.717) is 6.54 Å². The van der Waals surface area contributed by atoms with Crippen LogP contribution in [0.4, 0.5) is 0 Å². The third-order valence-electron chi connectivity index (χ3n) is 5.02. The molecule has 2 aromatic carbocycles. The largest absolute Gasteiger partial charge is 0.311 e. The fourth-order valence-corrected chi connectivity index (χ4v) is 8.16. The minimum Gasteiger partial charge on any atom is -0.311 e. The Morgan fingerprint density at radius 3 is 2.26 bits per heavy atom. The molecule has 2 aromatic rings. The molecule has 1 N–H and O–H groups in total. The second kappa shape index (κ2) is 8.12. The third-order valence-corrected chi connectivity index (χ3v) is 9.19. The molecule has 3 rings (SSSR count). The van der Waals surface area contributed by atoms with Gasteiger partial charge in [-0.05, 0) is 42.6 Å². The molecule has 27 heavy (non-hydrogen) atoms. The predicted octanol–water partition coefficient (Wildman–Crippen LogP) is 2.02. The Morgan fingerprint density at radius 1 is 0.963 bits per heavy atom. The lowest BCUT2D eigenvalue weighted by molar-refractivity contribution is 0.528. The van der Waals surface area contributed by atoms with E-state index in [1.165, 1.54) is 0 Å². The summed E-state index contributed by atoms with van der Waals surface area (Å²) in [5.41, 5.74) is 2.17. The number of hydrogen-bond acceptors (Lipinski definition) is 5. The van der Waals surface area contributed by atoms with Gasteiger partial charge in [0.05, 0.1) is 21.7 Å². The number of aryl methyl sites for hydroxylation is 1. The smallest absolute Gasteiger partial charge is 0.183 e. The average molecular weight is 408 g/mol. The van der Waals surface area contributed by atoms with E-state index in [2.05, 4.69) is 5.32 Å². The van der Waals surface area contributed by atoms with Crippen LogP contribution in [0.15, 0.2) is 59.5 Å². The molecule has 1 aliphatic rings. The highest BCUT2D eigenvalue weighted by Crippen LogP contribution is 2.26. The molecule has 1 saturated heterocycles. The van der Waals surface area contributed by atoms with E-state index in [1.807, 2.05) is 37.3 Å². The van der Waals surface area contributed by atoms with Crippen LogP contribution in [0.1, 0.15) is 18.1 Å². The van der Waals surface area contributed by atoms with Crippen molar-refractivity contribution in [3.8, 4) is 0 Å². The Balaban J connectivity index is 1.76. The SMILES string of the molecule is CCc1ccc(S(=O)(=O)[C@@H]2CS(=O)(=O)C[C@@H]2NCCc2ccccc2)cc1. The van der Waals surface area contributed by atoms with Gasteiger partial charge in [0.2, 0.25) is 0 Å². The molecule has 0 bridgehead atoms. The van der Waals surface area contributed by atoms with Crippen molar-refractivity contribution < 1.29 is 16.8 Å². The van der Waals surface area contributed by atoms with Gasteiger partial charge in [0.1, 0.15) is 0 Å². The molecule has 0 spiro atoms. The molecule has 146 valence electrons. The average Bonchev–Trinajstić information content (AvgIpc) is 2.98. The van der Waals surface area contributed by atoms with Crippen molar-refractivity contribution in [1.82, 2.24) is 5.32 Å². The standard InChI is InChI=1S/C20H25NO4S2/c1-2-16-8-10-18(11-9-16)27(24,25)20-15-26(22,23)14-19(20)21-13-12-17-6-4-3-5-7-17/h3-11,19-21H,2,12-15H2,1H3/t19-,20+/m0/s1. The van der Waals surface area contributed by atoms with Gasteiger partial charge in [0, 0.05) is 6.04 Å². The predicted molar refractivity (Wildman–Crippen MR) is 107 cm³/mol. The number of sulfone groups is 2. The van der Waals surface area contributed by atoms with E-state index in [0.717, 1.165) is 24.0 Å². The summed E-state index contributed by atoms with van der Waals surface area (Å²) in [6.07, 6.45) is 1.54. The lowest BCUT2D eigenvalue weighted by Gasteiger charge is -2.20. The van der Waals surface area contributed by atoms with E-state index < -0.39 is 31.0 Å². The van der Waals surface area contributed by atoms with Gasteiger partial charge in [0.15, 0.2) is 19.7 Å². The number of rotatable bonds is 7. The minimum absolute atomic E-state index is 0.140. The summed E-state index contributed by atoms with van der Waals surface area (Å²) >= 11 is 0. The van der Waals surface area contributed by atoms with Crippen LogP contribution >= 0.6 is 0 Å². The first-order chi connectivity index (χ1) is 12.8. The summed E-state index contributed by atoms with van der Waals surface area (Å²) in [4.78, 5) is 0.191. The Hall–Kier alpha value is -1.70. The zero-order valence-corrected chi connectivity index (χ0v) is 17.0. The van der Waals surface area contributed by atoms with Crippen molar-refractivity contribution in [3.63, 3.8) is 0 Å². The fraction of sp³-hybridized carbons (Fsp3) is 0.400. The Kier molecular flexibility index (Phi) is 6.03. The summed E-state index contributed by atoms with van der Waals surface area (Å²) < 4.78 is 50.4. The first-order valence-electron chi connectivity index (χ1n) is 9.12. The molecule has 2 atom stereocenters. The molecule has 7 heteroatoms. The molecule has 5 nitrogen and oxygen atoms in total. The molecular weight excluding hydrogens is 382 g/mol. The van der Waals surface area contributed by atoms with Crippen molar-refractivity contribution >= 4 is 19.7 Å². The first-order valence-corrected chi connectivity index (χ1v) is 12.5. The maximum absolute atomic E-state index is 13.1. The van der Waals surface area contributed by atoms with Crippen LogP contribution in [0, 0.1) is 0 Å². The van der Waals surface area contributed by atoms with Gasteiger partial charge in [-0.1, -0.05) is 49.4 Å². The molecule has 0 amide bonds. The van der Waals surface area contributed by atoms with Gasteiger partial charge in [-0.15, -0.1) is 0 Å². The van der Waals surface area contributed by atoms with Gasteiger partial charge in [-0.2, -0.15) is 0 Å². The van der Waals surface area contributed by atoms with E-state index in [9.17, 15) is 16.8 Å². The summed E-state index contributed by atoms with van der Waals surface area (Å²) in [6, 6.07) is 16.0. The number of nitrogens with one attached hydrogen (secondary N) is 1. The van der Waals surface area contributed by atoms with Crippen molar-refractivity contribution in [3.05, 3.63) is 65.7 Å². The molecule has 1 heterocycles.